The molecule has 2 aromatic rings. The lowest BCUT2D eigenvalue weighted by molar-refractivity contribution is -0.132. The molecular weight excluding hydrogens is 378 g/mol. The number of sulfonamides is 1. The number of amides is 1. The number of para-hydroxylation sites is 1. The van der Waals surface area contributed by atoms with Crippen LogP contribution in [0.5, 0.6) is 5.75 Å². The van der Waals surface area contributed by atoms with E-state index in [1.807, 2.05) is 30.3 Å². The molecule has 0 saturated carbocycles. The van der Waals surface area contributed by atoms with E-state index in [1.54, 1.807) is 32.2 Å². The van der Waals surface area contributed by atoms with Crippen LogP contribution in [-0.4, -0.2) is 38.4 Å². The molecule has 0 fully saturated rings. The molecule has 148 valence electrons. The third-order valence-electron chi connectivity index (χ3n) is 4.48. The molecule has 0 radical (unpaired) electrons. The first-order valence-corrected chi connectivity index (χ1v) is 10.8. The van der Waals surface area contributed by atoms with Gasteiger partial charge in [-0.2, -0.15) is 5.10 Å². The SMILES string of the molecule is CCC(=O)N1N=C(c2ccccc2NS(C)(=O)=O)C[C@@H]1c1cccc(OC)c1. The number of benzene rings is 2. The van der Waals surface area contributed by atoms with Crippen LogP contribution in [0.1, 0.15) is 36.9 Å². The molecule has 1 amide bonds. The van der Waals surface area contributed by atoms with Crippen molar-refractivity contribution in [2.24, 2.45) is 5.10 Å². The van der Waals surface area contributed by atoms with E-state index < -0.39 is 10.0 Å². The van der Waals surface area contributed by atoms with Crippen LogP contribution in [-0.2, 0) is 14.8 Å². The molecule has 1 heterocycles. The van der Waals surface area contributed by atoms with Crippen LogP contribution >= 0.6 is 0 Å². The fourth-order valence-corrected chi connectivity index (χ4v) is 3.77. The molecule has 2 aromatic carbocycles. The molecule has 1 N–H and O–H groups in total. The zero-order chi connectivity index (χ0) is 20.3. The second-order valence-electron chi connectivity index (χ2n) is 6.55. The third kappa shape index (κ3) is 4.33. The fraction of sp³-hybridized carbons (Fsp3) is 0.300. The number of hydrogen-bond donors (Lipinski definition) is 1. The van der Waals surface area contributed by atoms with Crippen LogP contribution in [0.25, 0.3) is 0 Å². The molecule has 0 unspecified atom stereocenters. The van der Waals surface area contributed by atoms with Gasteiger partial charge < -0.3 is 4.74 Å². The van der Waals surface area contributed by atoms with Gasteiger partial charge >= 0.3 is 0 Å². The maximum Gasteiger partial charge on any atom is 0.242 e. The Morgan fingerprint density at radius 1 is 1.25 bits per heavy atom. The van der Waals surface area contributed by atoms with Crippen LogP contribution < -0.4 is 9.46 Å². The molecule has 1 atom stereocenters. The first-order valence-electron chi connectivity index (χ1n) is 8.93. The van der Waals surface area contributed by atoms with Crippen molar-refractivity contribution in [1.29, 1.82) is 0 Å². The van der Waals surface area contributed by atoms with E-state index >= 15 is 0 Å². The molecule has 0 aromatic heterocycles. The Hall–Kier alpha value is -2.87. The highest BCUT2D eigenvalue weighted by atomic mass is 32.2. The van der Waals surface area contributed by atoms with E-state index in [-0.39, 0.29) is 11.9 Å². The molecule has 0 spiro atoms. The number of methoxy groups -OCH3 is 1. The maximum absolute atomic E-state index is 12.5. The Bertz CT molecular complexity index is 1020. The number of carbonyl (C=O) groups is 1. The first kappa shape index (κ1) is 19.9. The van der Waals surface area contributed by atoms with Crippen molar-refractivity contribution in [1.82, 2.24) is 5.01 Å². The van der Waals surface area contributed by atoms with Gasteiger partial charge in [0, 0.05) is 18.4 Å². The smallest absolute Gasteiger partial charge is 0.242 e. The zero-order valence-corrected chi connectivity index (χ0v) is 16.9. The second kappa shape index (κ2) is 8.02. The van der Waals surface area contributed by atoms with Gasteiger partial charge in [-0.05, 0) is 23.8 Å². The first-order chi connectivity index (χ1) is 13.3. The van der Waals surface area contributed by atoms with E-state index in [2.05, 4.69) is 9.82 Å². The van der Waals surface area contributed by atoms with Gasteiger partial charge in [-0.25, -0.2) is 13.4 Å². The lowest BCUT2D eigenvalue weighted by Gasteiger charge is -2.21. The number of nitrogens with zero attached hydrogens (tertiary/aromatic N) is 2. The predicted molar refractivity (Wildman–Crippen MR) is 109 cm³/mol. The summed E-state index contributed by atoms with van der Waals surface area (Å²) in [5.74, 6) is 0.602. The van der Waals surface area contributed by atoms with Crippen LogP contribution in [0.2, 0.25) is 0 Å². The van der Waals surface area contributed by atoms with Crippen molar-refractivity contribution in [3.63, 3.8) is 0 Å². The van der Waals surface area contributed by atoms with E-state index in [0.717, 1.165) is 11.8 Å². The number of nitrogens with one attached hydrogen (secondary N) is 1. The summed E-state index contributed by atoms with van der Waals surface area (Å²) < 4.78 is 31.3. The number of anilines is 1. The summed E-state index contributed by atoms with van der Waals surface area (Å²) in [6, 6.07) is 14.3. The van der Waals surface area contributed by atoms with E-state index in [0.29, 0.717) is 35.6 Å². The van der Waals surface area contributed by atoms with Crippen LogP contribution in [0, 0.1) is 0 Å². The molecule has 8 heteroatoms. The van der Waals surface area contributed by atoms with Crippen molar-refractivity contribution < 1.29 is 17.9 Å². The van der Waals surface area contributed by atoms with Crippen molar-refractivity contribution in [3.8, 4) is 5.75 Å². The van der Waals surface area contributed by atoms with Crippen molar-refractivity contribution in [3.05, 3.63) is 59.7 Å². The minimum absolute atomic E-state index is 0.101. The van der Waals surface area contributed by atoms with Gasteiger partial charge in [0.1, 0.15) is 5.75 Å². The van der Waals surface area contributed by atoms with Crippen molar-refractivity contribution in [2.45, 2.75) is 25.8 Å². The molecule has 7 nitrogen and oxygen atoms in total. The number of hydrazone groups is 1. The quantitative estimate of drug-likeness (QED) is 0.805. The standard InChI is InChI=1S/C20H23N3O4S/c1-4-20(24)23-19(14-8-7-9-15(12-14)27-2)13-18(21-23)16-10-5-6-11-17(16)22-28(3,25)26/h5-12,19,22H,4,13H2,1-3H3/t19-/m1/s1. The van der Waals surface area contributed by atoms with Crippen LogP contribution in [0.3, 0.4) is 0 Å². The minimum Gasteiger partial charge on any atom is -0.497 e. The normalized spacial score (nSPS) is 16.6. The van der Waals surface area contributed by atoms with Gasteiger partial charge in [0.25, 0.3) is 0 Å². The van der Waals surface area contributed by atoms with Gasteiger partial charge in [0.15, 0.2) is 0 Å². The van der Waals surface area contributed by atoms with Crippen molar-refractivity contribution in [2.75, 3.05) is 18.1 Å². The van der Waals surface area contributed by atoms with Gasteiger partial charge in [0.2, 0.25) is 15.9 Å². The highest BCUT2D eigenvalue weighted by Gasteiger charge is 2.33. The lowest BCUT2D eigenvalue weighted by Crippen LogP contribution is -2.26. The molecular formula is C20H23N3O4S. The van der Waals surface area contributed by atoms with Crippen LogP contribution in [0.4, 0.5) is 5.69 Å². The zero-order valence-electron chi connectivity index (χ0n) is 16.0. The lowest BCUT2D eigenvalue weighted by atomic mass is 9.97. The molecule has 1 aliphatic heterocycles. The Balaban J connectivity index is 2.01. The summed E-state index contributed by atoms with van der Waals surface area (Å²) in [5, 5.41) is 6.05. The molecule has 1 aliphatic rings. The second-order valence-corrected chi connectivity index (χ2v) is 8.30. The Kier molecular flexibility index (Phi) is 5.69. The van der Waals surface area contributed by atoms with Crippen molar-refractivity contribution >= 4 is 27.3 Å². The average Bonchev–Trinajstić information content (AvgIpc) is 3.12. The highest BCUT2D eigenvalue weighted by Crippen LogP contribution is 2.36. The summed E-state index contributed by atoms with van der Waals surface area (Å²) >= 11 is 0. The largest absolute Gasteiger partial charge is 0.497 e. The number of rotatable bonds is 6. The predicted octanol–water partition coefficient (Wildman–Crippen LogP) is 3.15. The number of hydrogen-bond acceptors (Lipinski definition) is 5. The fourth-order valence-electron chi connectivity index (χ4n) is 3.20. The van der Waals surface area contributed by atoms with Gasteiger partial charge in [0.05, 0.1) is 30.8 Å². The van der Waals surface area contributed by atoms with E-state index in [9.17, 15) is 13.2 Å². The summed E-state index contributed by atoms with van der Waals surface area (Å²) in [5.41, 5.74) is 2.67. The summed E-state index contributed by atoms with van der Waals surface area (Å²) in [7, 11) is -1.85. The summed E-state index contributed by atoms with van der Waals surface area (Å²) in [6.45, 7) is 1.79. The number of carbonyl (C=O) groups excluding carboxylic acids is 1. The maximum atomic E-state index is 12.5. The summed E-state index contributed by atoms with van der Waals surface area (Å²) in [6.07, 6.45) is 1.90. The Morgan fingerprint density at radius 3 is 2.68 bits per heavy atom. The average molecular weight is 401 g/mol. The monoisotopic (exact) mass is 401 g/mol. The molecule has 0 saturated heterocycles. The van der Waals surface area contributed by atoms with Gasteiger partial charge in [-0.1, -0.05) is 37.3 Å². The third-order valence-corrected chi connectivity index (χ3v) is 5.07. The molecule has 28 heavy (non-hydrogen) atoms. The highest BCUT2D eigenvalue weighted by molar-refractivity contribution is 7.92. The molecule has 0 aliphatic carbocycles. The number of ether oxygens (including phenoxy) is 1. The Labute approximate surface area is 165 Å². The van der Waals surface area contributed by atoms with Gasteiger partial charge in [-0.3, -0.25) is 9.52 Å². The topological polar surface area (TPSA) is 88.1 Å². The molecule has 0 bridgehead atoms. The van der Waals surface area contributed by atoms with Crippen LogP contribution in [0.15, 0.2) is 53.6 Å². The summed E-state index contributed by atoms with van der Waals surface area (Å²) in [4.78, 5) is 12.5. The minimum atomic E-state index is -3.44. The van der Waals surface area contributed by atoms with E-state index in [1.165, 1.54) is 5.01 Å². The Morgan fingerprint density at radius 2 is 2.00 bits per heavy atom. The van der Waals surface area contributed by atoms with E-state index in [4.69, 9.17) is 4.74 Å². The van der Waals surface area contributed by atoms with Gasteiger partial charge in [-0.15, -0.1) is 0 Å². The molecule has 3 rings (SSSR count).